The highest BCUT2D eigenvalue weighted by Crippen LogP contribution is 2.70. The van der Waals surface area contributed by atoms with Crippen molar-refractivity contribution in [3.8, 4) is 0 Å². The SMILES string of the molecule is C=C(CC)CC(NN)C1C2C3CCC(C3)C21. The van der Waals surface area contributed by atoms with Gasteiger partial charge in [0.15, 0.2) is 0 Å². The standard InChI is InChI=1S/C14H24N2/c1-3-8(2)6-11(16-15)14-12-9-4-5-10(7-9)13(12)14/h9-14,16H,2-7,15H2,1H3. The number of hydrogen-bond donors (Lipinski definition) is 2. The fourth-order valence-electron chi connectivity index (χ4n) is 4.69. The van der Waals surface area contributed by atoms with E-state index < -0.39 is 0 Å². The van der Waals surface area contributed by atoms with Gasteiger partial charge in [-0.2, -0.15) is 0 Å². The lowest BCUT2D eigenvalue weighted by atomic mass is 9.93. The highest BCUT2D eigenvalue weighted by Gasteiger charge is 2.66. The van der Waals surface area contributed by atoms with Gasteiger partial charge in [-0.15, -0.1) is 0 Å². The maximum Gasteiger partial charge on any atom is 0.0281 e. The van der Waals surface area contributed by atoms with Crippen molar-refractivity contribution >= 4 is 0 Å². The molecule has 90 valence electrons. The molecule has 0 aromatic rings. The Morgan fingerprint density at radius 1 is 1.38 bits per heavy atom. The molecule has 0 aliphatic heterocycles. The molecule has 5 atom stereocenters. The largest absolute Gasteiger partial charge is 0.271 e. The van der Waals surface area contributed by atoms with E-state index in [0.29, 0.717) is 6.04 Å². The van der Waals surface area contributed by atoms with Crippen LogP contribution in [0, 0.1) is 29.6 Å². The number of fused-ring (bicyclic) bond motifs is 5. The molecule has 2 heteroatoms. The quantitative estimate of drug-likeness (QED) is 0.424. The molecule has 3 rings (SSSR count). The molecular formula is C14H24N2. The highest BCUT2D eigenvalue weighted by molar-refractivity contribution is 5.17. The van der Waals surface area contributed by atoms with Crippen LogP contribution >= 0.6 is 0 Å². The van der Waals surface area contributed by atoms with Gasteiger partial charge in [0.05, 0.1) is 0 Å². The predicted octanol–water partition coefficient (Wildman–Crippen LogP) is 2.47. The number of hydrogen-bond acceptors (Lipinski definition) is 2. The second kappa shape index (κ2) is 3.85. The van der Waals surface area contributed by atoms with Gasteiger partial charge in [-0.3, -0.25) is 11.3 Å². The third-order valence-electron chi connectivity index (χ3n) is 5.48. The number of rotatable bonds is 5. The monoisotopic (exact) mass is 220 g/mol. The molecule has 2 bridgehead atoms. The summed E-state index contributed by atoms with van der Waals surface area (Å²) in [6.45, 7) is 6.31. The van der Waals surface area contributed by atoms with E-state index in [2.05, 4.69) is 18.9 Å². The van der Waals surface area contributed by atoms with E-state index in [-0.39, 0.29) is 0 Å². The van der Waals surface area contributed by atoms with Gasteiger partial charge in [0.25, 0.3) is 0 Å². The predicted molar refractivity (Wildman–Crippen MR) is 66.5 cm³/mol. The Hall–Kier alpha value is -0.340. The van der Waals surface area contributed by atoms with E-state index in [1.807, 2.05) is 0 Å². The van der Waals surface area contributed by atoms with Crippen molar-refractivity contribution in [2.75, 3.05) is 0 Å². The van der Waals surface area contributed by atoms with Crippen molar-refractivity contribution in [2.24, 2.45) is 35.4 Å². The summed E-state index contributed by atoms with van der Waals surface area (Å²) in [5.74, 6) is 10.7. The van der Waals surface area contributed by atoms with Crippen LogP contribution in [0.3, 0.4) is 0 Å². The van der Waals surface area contributed by atoms with Gasteiger partial charge in [0, 0.05) is 6.04 Å². The van der Waals surface area contributed by atoms with Crippen molar-refractivity contribution in [2.45, 2.75) is 45.1 Å². The van der Waals surface area contributed by atoms with Crippen molar-refractivity contribution in [1.82, 2.24) is 5.43 Å². The van der Waals surface area contributed by atoms with Crippen LogP contribution in [0.5, 0.6) is 0 Å². The number of hydrazine groups is 1. The first-order valence-corrected chi connectivity index (χ1v) is 6.89. The molecule has 0 spiro atoms. The van der Waals surface area contributed by atoms with E-state index in [0.717, 1.165) is 42.4 Å². The molecule has 3 aliphatic carbocycles. The van der Waals surface area contributed by atoms with Gasteiger partial charge in [-0.25, -0.2) is 0 Å². The van der Waals surface area contributed by atoms with Crippen LogP contribution in [0.2, 0.25) is 0 Å². The van der Waals surface area contributed by atoms with Crippen molar-refractivity contribution in [3.05, 3.63) is 12.2 Å². The third-order valence-corrected chi connectivity index (χ3v) is 5.48. The van der Waals surface area contributed by atoms with E-state index in [1.54, 1.807) is 0 Å². The summed E-state index contributed by atoms with van der Waals surface area (Å²) in [5, 5.41) is 0. The Labute approximate surface area is 98.6 Å². The van der Waals surface area contributed by atoms with E-state index in [1.165, 1.54) is 24.8 Å². The molecule has 0 saturated heterocycles. The summed E-state index contributed by atoms with van der Waals surface area (Å²) in [4.78, 5) is 0. The Morgan fingerprint density at radius 3 is 2.50 bits per heavy atom. The molecule has 0 heterocycles. The molecule has 0 amide bonds. The average molecular weight is 220 g/mol. The highest BCUT2D eigenvalue weighted by atomic mass is 15.2. The van der Waals surface area contributed by atoms with E-state index >= 15 is 0 Å². The summed E-state index contributed by atoms with van der Waals surface area (Å²) >= 11 is 0. The molecule has 3 N–H and O–H groups in total. The van der Waals surface area contributed by atoms with Gasteiger partial charge in [-0.05, 0) is 61.7 Å². The van der Waals surface area contributed by atoms with Crippen LogP contribution in [0.4, 0.5) is 0 Å². The molecule has 0 radical (unpaired) electrons. The minimum Gasteiger partial charge on any atom is -0.271 e. The summed E-state index contributed by atoms with van der Waals surface area (Å²) in [7, 11) is 0. The van der Waals surface area contributed by atoms with Crippen LogP contribution in [-0.4, -0.2) is 6.04 Å². The maximum atomic E-state index is 5.74. The van der Waals surface area contributed by atoms with E-state index in [4.69, 9.17) is 5.84 Å². The van der Waals surface area contributed by atoms with Gasteiger partial charge in [0.1, 0.15) is 0 Å². The Kier molecular flexibility index (Phi) is 2.60. The van der Waals surface area contributed by atoms with Gasteiger partial charge >= 0.3 is 0 Å². The van der Waals surface area contributed by atoms with Gasteiger partial charge in [0.2, 0.25) is 0 Å². The van der Waals surface area contributed by atoms with Crippen LogP contribution < -0.4 is 11.3 Å². The van der Waals surface area contributed by atoms with Crippen molar-refractivity contribution < 1.29 is 0 Å². The van der Waals surface area contributed by atoms with Crippen molar-refractivity contribution in [1.29, 1.82) is 0 Å². The lowest BCUT2D eigenvalue weighted by Crippen LogP contribution is -2.38. The fourth-order valence-corrected chi connectivity index (χ4v) is 4.69. The minimum atomic E-state index is 0.505. The smallest absolute Gasteiger partial charge is 0.0281 e. The Morgan fingerprint density at radius 2 is 2.00 bits per heavy atom. The zero-order valence-electron chi connectivity index (χ0n) is 10.3. The number of nitrogens with two attached hydrogens (primary N) is 1. The summed E-state index contributed by atoms with van der Waals surface area (Å²) < 4.78 is 0. The minimum absolute atomic E-state index is 0.505. The van der Waals surface area contributed by atoms with Crippen LogP contribution in [0.25, 0.3) is 0 Å². The Bertz CT molecular complexity index is 283. The lowest BCUT2D eigenvalue weighted by molar-refractivity contribution is 0.363. The summed E-state index contributed by atoms with van der Waals surface area (Å²) in [6.07, 6.45) is 6.69. The van der Waals surface area contributed by atoms with Gasteiger partial charge in [-0.1, -0.05) is 19.1 Å². The Balaban J connectivity index is 1.63. The molecule has 16 heavy (non-hydrogen) atoms. The molecule has 0 aromatic heterocycles. The molecule has 2 nitrogen and oxygen atoms in total. The van der Waals surface area contributed by atoms with Gasteiger partial charge < -0.3 is 0 Å². The molecule has 3 fully saturated rings. The molecular weight excluding hydrogens is 196 g/mol. The molecule has 3 saturated carbocycles. The zero-order chi connectivity index (χ0) is 11.3. The maximum absolute atomic E-state index is 5.74. The lowest BCUT2D eigenvalue weighted by Gasteiger charge is -2.20. The van der Waals surface area contributed by atoms with Crippen molar-refractivity contribution in [3.63, 3.8) is 0 Å². The third kappa shape index (κ3) is 1.46. The van der Waals surface area contributed by atoms with Crippen LogP contribution in [0.1, 0.15) is 39.0 Å². The first kappa shape index (κ1) is 10.8. The number of nitrogens with one attached hydrogen (secondary N) is 1. The van der Waals surface area contributed by atoms with E-state index in [9.17, 15) is 0 Å². The normalized spacial score (nSPS) is 45.5. The molecule has 0 aromatic carbocycles. The first-order valence-electron chi connectivity index (χ1n) is 6.89. The summed E-state index contributed by atoms with van der Waals surface area (Å²) in [5.41, 5.74) is 4.41. The molecule has 5 unspecified atom stereocenters. The topological polar surface area (TPSA) is 38.0 Å². The summed E-state index contributed by atoms with van der Waals surface area (Å²) in [6, 6.07) is 0.505. The average Bonchev–Trinajstić information content (AvgIpc) is 2.73. The van der Waals surface area contributed by atoms with Crippen LogP contribution in [-0.2, 0) is 0 Å². The van der Waals surface area contributed by atoms with Crippen LogP contribution in [0.15, 0.2) is 12.2 Å². The second-order valence-electron chi connectivity index (χ2n) is 6.15. The second-order valence-corrected chi connectivity index (χ2v) is 6.15. The fraction of sp³-hybridized carbons (Fsp3) is 0.857. The zero-order valence-corrected chi connectivity index (χ0v) is 10.3. The molecule has 3 aliphatic rings. The first-order chi connectivity index (χ1) is 7.76.